The van der Waals surface area contributed by atoms with E-state index in [4.69, 9.17) is 0 Å². The third-order valence-corrected chi connectivity index (χ3v) is 2.47. The van der Waals surface area contributed by atoms with Crippen molar-refractivity contribution in [3.05, 3.63) is 41.5 Å². The Labute approximate surface area is 104 Å². The molecule has 94 valence electrons. The van der Waals surface area contributed by atoms with Gasteiger partial charge in [0.25, 0.3) is 5.91 Å². The van der Waals surface area contributed by atoms with Crippen molar-refractivity contribution in [2.24, 2.45) is 0 Å². The Morgan fingerprint density at radius 1 is 1.50 bits per heavy atom. The first kappa shape index (κ1) is 12.1. The van der Waals surface area contributed by atoms with Crippen molar-refractivity contribution in [3.8, 4) is 5.75 Å². The Balaban J connectivity index is 2.08. The van der Waals surface area contributed by atoms with E-state index in [9.17, 15) is 9.90 Å². The highest BCUT2D eigenvalue weighted by atomic mass is 16.3. The van der Waals surface area contributed by atoms with Crippen molar-refractivity contribution in [1.82, 2.24) is 20.1 Å². The molecule has 0 unspecified atom stereocenters. The molecule has 0 fully saturated rings. The lowest BCUT2D eigenvalue weighted by molar-refractivity contribution is 0.0773. The summed E-state index contributed by atoms with van der Waals surface area (Å²) >= 11 is 0. The summed E-state index contributed by atoms with van der Waals surface area (Å²) in [6.45, 7) is 2.12. The molecule has 0 radical (unpaired) electrons. The Kier molecular flexibility index (Phi) is 3.27. The third-order valence-electron chi connectivity index (χ3n) is 2.47. The molecule has 1 heterocycles. The Hall–Kier alpha value is -2.37. The number of benzene rings is 1. The molecule has 0 aliphatic rings. The van der Waals surface area contributed by atoms with Gasteiger partial charge in [-0.15, -0.1) is 5.10 Å². The van der Waals surface area contributed by atoms with Crippen LogP contribution in [0.15, 0.2) is 24.3 Å². The fourth-order valence-electron chi connectivity index (χ4n) is 1.61. The van der Waals surface area contributed by atoms with Crippen molar-refractivity contribution in [2.45, 2.75) is 13.5 Å². The molecule has 18 heavy (non-hydrogen) atoms. The number of carbonyl (C=O) groups is 1. The van der Waals surface area contributed by atoms with Crippen LogP contribution >= 0.6 is 0 Å². The number of rotatable bonds is 3. The monoisotopic (exact) mass is 246 g/mol. The lowest BCUT2D eigenvalue weighted by Crippen LogP contribution is -2.27. The molecule has 0 saturated carbocycles. The normalized spacial score (nSPS) is 10.3. The molecule has 0 saturated heterocycles. The van der Waals surface area contributed by atoms with Crippen LogP contribution in [0.4, 0.5) is 0 Å². The molecule has 0 spiro atoms. The van der Waals surface area contributed by atoms with Crippen LogP contribution in [0.5, 0.6) is 5.75 Å². The number of carbonyl (C=O) groups excluding carboxylic acids is 1. The van der Waals surface area contributed by atoms with Crippen LogP contribution in [0, 0.1) is 6.92 Å². The zero-order valence-corrected chi connectivity index (χ0v) is 10.2. The summed E-state index contributed by atoms with van der Waals surface area (Å²) in [5.41, 5.74) is 0.845. The van der Waals surface area contributed by atoms with Crippen LogP contribution in [0.25, 0.3) is 0 Å². The molecule has 0 atom stereocenters. The standard InChI is InChI=1S/C12H14N4O2/c1-8-13-11(15-14-8)12(18)16(2)7-9-4-3-5-10(17)6-9/h3-6,17H,7H2,1-2H3,(H,13,14,15). The number of aromatic amines is 1. The molecule has 0 bridgehead atoms. The molecule has 2 aromatic rings. The third kappa shape index (κ3) is 2.65. The molecule has 6 heteroatoms. The minimum atomic E-state index is -0.261. The van der Waals surface area contributed by atoms with E-state index in [2.05, 4.69) is 15.2 Å². The van der Waals surface area contributed by atoms with Gasteiger partial charge in [-0.2, -0.15) is 0 Å². The predicted octanol–water partition coefficient (Wildman–Crippen LogP) is 1.09. The Morgan fingerprint density at radius 2 is 2.28 bits per heavy atom. The first-order chi connectivity index (χ1) is 8.56. The second kappa shape index (κ2) is 4.87. The van der Waals surface area contributed by atoms with E-state index < -0.39 is 0 Å². The van der Waals surface area contributed by atoms with Crippen molar-refractivity contribution in [3.63, 3.8) is 0 Å². The average Bonchev–Trinajstić information content (AvgIpc) is 2.75. The first-order valence-corrected chi connectivity index (χ1v) is 5.48. The quantitative estimate of drug-likeness (QED) is 0.849. The average molecular weight is 246 g/mol. The number of aromatic hydroxyl groups is 1. The van der Waals surface area contributed by atoms with E-state index >= 15 is 0 Å². The van der Waals surface area contributed by atoms with Gasteiger partial charge in [0.1, 0.15) is 11.6 Å². The van der Waals surface area contributed by atoms with E-state index in [0.29, 0.717) is 12.4 Å². The van der Waals surface area contributed by atoms with Crippen molar-refractivity contribution < 1.29 is 9.90 Å². The molecule has 6 nitrogen and oxygen atoms in total. The maximum absolute atomic E-state index is 12.0. The van der Waals surface area contributed by atoms with Gasteiger partial charge in [0.05, 0.1) is 0 Å². The smallest absolute Gasteiger partial charge is 0.293 e. The van der Waals surface area contributed by atoms with Crippen LogP contribution in [0.2, 0.25) is 0 Å². The highest BCUT2D eigenvalue weighted by Crippen LogP contribution is 2.13. The molecule has 1 aromatic carbocycles. The SMILES string of the molecule is Cc1nc(C(=O)N(C)Cc2cccc(O)c2)n[nH]1. The number of nitrogens with zero attached hydrogens (tertiary/aromatic N) is 3. The zero-order chi connectivity index (χ0) is 13.1. The summed E-state index contributed by atoms with van der Waals surface area (Å²) in [6.07, 6.45) is 0. The number of hydrogen-bond donors (Lipinski definition) is 2. The molecular weight excluding hydrogens is 232 g/mol. The van der Waals surface area contributed by atoms with Gasteiger partial charge in [-0.3, -0.25) is 9.89 Å². The van der Waals surface area contributed by atoms with Crippen LogP contribution in [0.1, 0.15) is 22.0 Å². The van der Waals surface area contributed by atoms with Gasteiger partial charge in [-0.1, -0.05) is 12.1 Å². The number of H-pyrrole nitrogens is 1. The highest BCUT2D eigenvalue weighted by Gasteiger charge is 2.16. The lowest BCUT2D eigenvalue weighted by atomic mass is 10.2. The fourth-order valence-corrected chi connectivity index (χ4v) is 1.61. The minimum Gasteiger partial charge on any atom is -0.508 e. The maximum atomic E-state index is 12.0. The number of phenolic OH excluding ortho intramolecular Hbond substituents is 1. The van der Waals surface area contributed by atoms with E-state index in [1.807, 2.05) is 6.07 Å². The van der Waals surface area contributed by atoms with Gasteiger partial charge < -0.3 is 10.0 Å². The topological polar surface area (TPSA) is 82.1 Å². The van der Waals surface area contributed by atoms with Gasteiger partial charge in [-0.25, -0.2) is 4.98 Å². The second-order valence-electron chi connectivity index (χ2n) is 4.08. The van der Waals surface area contributed by atoms with E-state index in [-0.39, 0.29) is 17.5 Å². The van der Waals surface area contributed by atoms with Crippen LogP contribution in [-0.2, 0) is 6.54 Å². The molecule has 0 aliphatic heterocycles. The predicted molar refractivity (Wildman–Crippen MR) is 65.0 cm³/mol. The number of phenols is 1. The number of nitrogens with one attached hydrogen (secondary N) is 1. The molecule has 0 aliphatic carbocycles. The summed E-state index contributed by atoms with van der Waals surface area (Å²) in [6, 6.07) is 6.78. The highest BCUT2D eigenvalue weighted by molar-refractivity contribution is 5.90. The van der Waals surface area contributed by atoms with Gasteiger partial charge in [-0.05, 0) is 24.6 Å². The molecule has 1 aromatic heterocycles. The second-order valence-corrected chi connectivity index (χ2v) is 4.08. The van der Waals surface area contributed by atoms with Crippen molar-refractivity contribution in [1.29, 1.82) is 0 Å². The summed E-state index contributed by atoms with van der Waals surface area (Å²) in [5, 5.41) is 15.8. The van der Waals surface area contributed by atoms with Gasteiger partial charge >= 0.3 is 0 Å². The summed E-state index contributed by atoms with van der Waals surface area (Å²) < 4.78 is 0. The van der Waals surface area contributed by atoms with Crippen LogP contribution in [0.3, 0.4) is 0 Å². The molecule has 1 amide bonds. The number of aryl methyl sites for hydroxylation is 1. The summed E-state index contributed by atoms with van der Waals surface area (Å²) in [4.78, 5) is 17.4. The Bertz CT molecular complexity index is 565. The number of amides is 1. The maximum Gasteiger partial charge on any atom is 0.293 e. The van der Waals surface area contributed by atoms with E-state index in [1.54, 1.807) is 32.2 Å². The first-order valence-electron chi connectivity index (χ1n) is 5.48. The largest absolute Gasteiger partial charge is 0.508 e. The van der Waals surface area contributed by atoms with Crippen LogP contribution in [-0.4, -0.2) is 38.1 Å². The lowest BCUT2D eigenvalue weighted by Gasteiger charge is -2.15. The van der Waals surface area contributed by atoms with Crippen molar-refractivity contribution in [2.75, 3.05) is 7.05 Å². The fraction of sp³-hybridized carbons (Fsp3) is 0.250. The summed E-state index contributed by atoms with van der Waals surface area (Å²) in [7, 11) is 1.66. The van der Waals surface area contributed by atoms with E-state index in [1.165, 1.54) is 4.90 Å². The number of hydrogen-bond acceptors (Lipinski definition) is 4. The van der Waals surface area contributed by atoms with E-state index in [0.717, 1.165) is 5.56 Å². The van der Waals surface area contributed by atoms with Crippen LogP contribution < -0.4 is 0 Å². The van der Waals surface area contributed by atoms with Gasteiger partial charge in [0.15, 0.2) is 0 Å². The Morgan fingerprint density at radius 3 is 2.89 bits per heavy atom. The van der Waals surface area contributed by atoms with Gasteiger partial charge in [0, 0.05) is 13.6 Å². The zero-order valence-electron chi connectivity index (χ0n) is 10.2. The number of aromatic nitrogens is 3. The van der Waals surface area contributed by atoms with Gasteiger partial charge in [0.2, 0.25) is 5.82 Å². The summed E-state index contributed by atoms with van der Waals surface area (Å²) in [5.74, 6) is 0.670. The molecule has 2 N–H and O–H groups in total. The molecular formula is C12H14N4O2. The van der Waals surface area contributed by atoms with Crippen molar-refractivity contribution >= 4 is 5.91 Å². The minimum absolute atomic E-state index is 0.148. The molecule has 2 rings (SSSR count).